The molecule has 16 heteroatoms. The molecule has 5 atom stereocenters. The highest BCUT2D eigenvalue weighted by atomic mass is 32.2. The average molecular weight is 645 g/mol. The first kappa shape index (κ1) is 32.5. The van der Waals surface area contributed by atoms with Gasteiger partial charge in [-0.25, -0.2) is 19.3 Å². The molecule has 2 aliphatic rings. The van der Waals surface area contributed by atoms with Crippen LogP contribution in [0, 0.1) is 0 Å². The molecule has 15 nitrogen and oxygen atoms in total. The summed E-state index contributed by atoms with van der Waals surface area (Å²) in [6, 6.07) is 14.9. The second-order valence-electron chi connectivity index (χ2n) is 10.7. The molecular formula is C29H38N7O8S+. The van der Waals surface area contributed by atoms with Crippen molar-refractivity contribution in [1.29, 1.82) is 0 Å². The normalized spacial score (nSPS) is 23.5. The molecule has 0 spiro atoms. The van der Waals surface area contributed by atoms with Crippen molar-refractivity contribution >= 4 is 27.9 Å². The Bertz CT molecular complexity index is 1650. The van der Waals surface area contributed by atoms with Crippen molar-refractivity contribution in [3.8, 4) is 5.75 Å². The number of imidazole rings is 1. The Morgan fingerprint density at radius 2 is 1.69 bits per heavy atom. The van der Waals surface area contributed by atoms with E-state index in [0.717, 1.165) is 25.2 Å². The first-order valence-electron chi connectivity index (χ1n) is 14.6. The summed E-state index contributed by atoms with van der Waals surface area (Å²) in [7, 11) is -4.68. The van der Waals surface area contributed by atoms with E-state index in [1.54, 1.807) is 4.72 Å². The lowest BCUT2D eigenvalue weighted by molar-refractivity contribution is -1.02. The number of nitrogens with one attached hydrogen (secondary N) is 1. The molecule has 1 saturated heterocycles. The van der Waals surface area contributed by atoms with E-state index in [9.17, 15) is 28.5 Å². The number of hydrogen-bond donors (Lipinski definition) is 5. The summed E-state index contributed by atoms with van der Waals surface area (Å²) >= 11 is 0. The second kappa shape index (κ2) is 12.8. The van der Waals surface area contributed by atoms with Gasteiger partial charge >= 0.3 is 10.3 Å². The number of ether oxygens (including phenoxy) is 1. The number of para-hydroxylation sites is 1. The van der Waals surface area contributed by atoms with Crippen LogP contribution in [0.2, 0.25) is 0 Å². The standard InChI is InChI=1S/C29H37N7O8S/c1-4-36(5-2,6-3)35-25(30)22-27(32-26(35)18-12-8-7-9-13-18)34(17-31-22)29-24(39)23(38)21(44-29)16-43-45(41,42)33-28(40)19-14-10-11-15-20(19)37/h7-15,17,21,23-25,29,38-39H,4-6,16,30H2,1-3H3,(H-,33,37,40)/p+1/t21-,23?,24?,25?,29-/m1/s1. The zero-order chi connectivity index (χ0) is 32.5. The van der Waals surface area contributed by atoms with Gasteiger partial charge < -0.3 is 25.8 Å². The maximum atomic E-state index is 12.5. The first-order chi connectivity index (χ1) is 21.5. The van der Waals surface area contributed by atoms with Crippen LogP contribution in [0.25, 0.3) is 0 Å². The van der Waals surface area contributed by atoms with E-state index >= 15 is 0 Å². The molecule has 6 N–H and O–H groups in total. The number of benzene rings is 2. The SMILES string of the molecule is CC[N+](CC)(CC)N1C(c2ccccc2)=Nc2c(ncn2[C@@H]2O[C@H](COS(=O)(=O)NC(=O)c3ccccc3O)C(O)C2O)C1N. The number of rotatable bonds is 11. The third-order valence-electron chi connectivity index (χ3n) is 8.39. The number of hydrogen-bond acceptors (Lipinski definition) is 12. The lowest BCUT2D eigenvalue weighted by Gasteiger charge is -2.48. The third kappa shape index (κ3) is 6.05. The molecule has 1 aromatic heterocycles. The number of nitrogens with two attached hydrogens (primary N) is 1. The number of phenols is 1. The van der Waals surface area contributed by atoms with Crippen LogP contribution in [0.15, 0.2) is 65.9 Å². The highest BCUT2D eigenvalue weighted by Gasteiger charge is 2.48. The molecule has 3 unspecified atom stereocenters. The summed E-state index contributed by atoms with van der Waals surface area (Å²) in [5, 5.41) is 33.6. The third-order valence-corrected chi connectivity index (χ3v) is 9.27. The van der Waals surface area contributed by atoms with Gasteiger partial charge in [-0.05, 0) is 32.9 Å². The minimum absolute atomic E-state index is 0.276. The van der Waals surface area contributed by atoms with Crippen molar-refractivity contribution in [2.45, 2.75) is 51.5 Å². The number of nitrogens with zero attached hydrogens (tertiary/aromatic N) is 5. The lowest BCUT2D eigenvalue weighted by atomic mass is 10.1. The summed E-state index contributed by atoms with van der Waals surface area (Å²) in [5.74, 6) is -0.612. The number of aromatic nitrogens is 2. The van der Waals surface area contributed by atoms with Crippen molar-refractivity contribution in [1.82, 2.24) is 19.3 Å². The van der Waals surface area contributed by atoms with Gasteiger partial charge in [0.15, 0.2) is 24.0 Å². The Hall–Kier alpha value is -3.90. The molecule has 0 aliphatic carbocycles. The minimum Gasteiger partial charge on any atom is -0.507 e. The van der Waals surface area contributed by atoms with Crippen molar-refractivity contribution in [3.05, 3.63) is 77.7 Å². The van der Waals surface area contributed by atoms with Gasteiger partial charge in [-0.2, -0.15) is 13.4 Å². The van der Waals surface area contributed by atoms with Crippen LogP contribution in [0.1, 0.15) is 54.8 Å². The molecule has 45 heavy (non-hydrogen) atoms. The van der Waals surface area contributed by atoms with Gasteiger partial charge in [0.25, 0.3) is 5.91 Å². The number of amidine groups is 1. The Morgan fingerprint density at radius 3 is 2.33 bits per heavy atom. The number of quaternary nitrogens is 1. The van der Waals surface area contributed by atoms with Gasteiger partial charge in [0.1, 0.15) is 29.8 Å². The zero-order valence-corrected chi connectivity index (χ0v) is 25.9. The molecule has 0 radical (unpaired) electrons. The molecule has 3 aromatic rings. The van der Waals surface area contributed by atoms with Crippen molar-refractivity contribution < 1.29 is 42.0 Å². The fourth-order valence-corrected chi connectivity index (χ4v) is 6.48. The Balaban J connectivity index is 1.40. The number of carbonyl (C=O) groups is 1. The number of aliphatic hydroxyl groups excluding tert-OH is 2. The molecule has 5 rings (SSSR count). The van der Waals surface area contributed by atoms with Crippen LogP contribution in [-0.4, -0.2) is 99.2 Å². The molecular weight excluding hydrogens is 606 g/mol. The van der Waals surface area contributed by atoms with E-state index in [1.807, 2.05) is 35.3 Å². The fourth-order valence-electron chi connectivity index (χ4n) is 5.77. The predicted molar refractivity (Wildman–Crippen MR) is 162 cm³/mol. The van der Waals surface area contributed by atoms with Crippen LogP contribution in [0.3, 0.4) is 0 Å². The maximum Gasteiger partial charge on any atom is 0.362 e. The predicted octanol–water partition coefficient (Wildman–Crippen LogP) is 1.04. The lowest BCUT2D eigenvalue weighted by Crippen LogP contribution is -2.65. The largest absolute Gasteiger partial charge is 0.507 e. The number of aliphatic imine (C=N–C) groups is 1. The Kier molecular flexibility index (Phi) is 9.27. The van der Waals surface area contributed by atoms with E-state index in [-0.39, 0.29) is 5.56 Å². The summed E-state index contributed by atoms with van der Waals surface area (Å²) in [6.07, 6.45) is -4.91. The molecule has 2 aromatic carbocycles. The van der Waals surface area contributed by atoms with Crippen LogP contribution >= 0.6 is 0 Å². The number of aromatic hydroxyl groups is 1. The van der Waals surface area contributed by atoms with E-state index in [4.69, 9.17) is 19.6 Å². The van der Waals surface area contributed by atoms with E-state index in [1.165, 1.54) is 35.2 Å². The van der Waals surface area contributed by atoms with Crippen molar-refractivity contribution in [2.75, 3.05) is 26.2 Å². The van der Waals surface area contributed by atoms with Crippen LogP contribution in [0.4, 0.5) is 5.82 Å². The molecule has 1 amide bonds. The number of phenolic OH excluding ortho intramolecular Hbond substituents is 1. The van der Waals surface area contributed by atoms with Crippen LogP contribution < -0.4 is 10.5 Å². The number of aliphatic hydroxyl groups is 2. The van der Waals surface area contributed by atoms with Gasteiger partial charge in [-0.15, -0.1) is 0 Å². The Morgan fingerprint density at radius 1 is 1.04 bits per heavy atom. The second-order valence-corrected chi connectivity index (χ2v) is 12.1. The molecule has 0 bridgehead atoms. The van der Waals surface area contributed by atoms with Crippen molar-refractivity contribution in [3.63, 3.8) is 0 Å². The number of fused-ring (bicyclic) bond motifs is 1. The molecule has 242 valence electrons. The Labute approximate surface area is 261 Å². The van der Waals surface area contributed by atoms with E-state index in [0.29, 0.717) is 21.9 Å². The fraction of sp³-hybridized carbons (Fsp3) is 0.414. The summed E-state index contributed by atoms with van der Waals surface area (Å²) < 4.78 is 39.4. The van der Waals surface area contributed by atoms with Gasteiger partial charge in [0.05, 0.1) is 38.1 Å². The molecule has 2 aliphatic heterocycles. The average Bonchev–Trinajstić information content (AvgIpc) is 3.58. The van der Waals surface area contributed by atoms with Gasteiger partial charge in [-0.3, -0.25) is 13.5 Å². The quantitative estimate of drug-likeness (QED) is 0.187. The van der Waals surface area contributed by atoms with Crippen LogP contribution in [0.5, 0.6) is 5.75 Å². The summed E-state index contributed by atoms with van der Waals surface area (Å²) in [5.41, 5.74) is 7.86. The monoisotopic (exact) mass is 644 g/mol. The smallest absolute Gasteiger partial charge is 0.362 e. The summed E-state index contributed by atoms with van der Waals surface area (Å²) in [6.45, 7) is 7.76. The van der Waals surface area contributed by atoms with Crippen LogP contribution in [-0.2, 0) is 19.2 Å². The van der Waals surface area contributed by atoms with E-state index < -0.39 is 59.3 Å². The first-order valence-corrected chi connectivity index (χ1v) is 16.0. The topological polar surface area (TPSA) is 202 Å². The highest BCUT2D eigenvalue weighted by molar-refractivity contribution is 7.85. The number of carbonyl (C=O) groups excluding carboxylic acids is 1. The maximum absolute atomic E-state index is 12.5. The molecule has 3 heterocycles. The molecule has 1 fully saturated rings. The number of amides is 1. The van der Waals surface area contributed by atoms with Crippen molar-refractivity contribution in [2.24, 2.45) is 10.7 Å². The summed E-state index contributed by atoms with van der Waals surface area (Å²) in [4.78, 5) is 21.9. The molecule has 0 saturated carbocycles. The van der Waals surface area contributed by atoms with E-state index in [2.05, 4.69) is 25.8 Å². The highest BCUT2D eigenvalue weighted by Crippen LogP contribution is 2.40. The van der Waals surface area contributed by atoms with Gasteiger partial charge in [0.2, 0.25) is 0 Å². The minimum atomic E-state index is -4.68. The zero-order valence-electron chi connectivity index (χ0n) is 25.1. The van der Waals surface area contributed by atoms with Gasteiger partial charge in [-0.1, -0.05) is 42.5 Å². The van der Waals surface area contributed by atoms with Gasteiger partial charge in [0, 0.05) is 5.56 Å².